The van der Waals surface area contributed by atoms with Crippen LogP contribution in [0.4, 0.5) is 0 Å². The van der Waals surface area contributed by atoms with Crippen molar-refractivity contribution in [2.75, 3.05) is 33.1 Å². The summed E-state index contributed by atoms with van der Waals surface area (Å²) in [5.74, 6) is -0.486. The van der Waals surface area contributed by atoms with Gasteiger partial charge in [-0.2, -0.15) is 0 Å². The standard InChI is InChI=1S/C14H23N3O4S2/c1-5-12-15-9(2)13(22-12)14(18)16-11-7-21-6-10(11)8-23(19,20)17(3)4/h10-11H,5-8H2,1-4H3,(H,16,18). The second kappa shape index (κ2) is 7.25. The molecule has 130 valence electrons. The van der Waals surface area contributed by atoms with Gasteiger partial charge in [0.2, 0.25) is 10.0 Å². The number of carbonyl (C=O) groups excluding carboxylic acids is 1. The van der Waals surface area contributed by atoms with Crippen LogP contribution in [0, 0.1) is 12.8 Å². The van der Waals surface area contributed by atoms with Crippen molar-refractivity contribution in [2.45, 2.75) is 26.3 Å². The lowest BCUT2D eigenvalue weighted by Crippen LogP contribution is -2.43. The Kier molecular flexibility index (Phi) is 5.77. The van der Waals surface area contributed by atoms with Crippen LogP contribution in [0.5, 0.6) is 0 Å². The van der Waals surface area contributed by atoms with Crippen LogP contribution in [0.25, 0.3) is 0 Å². The fraction of sp³-hybridized carbons (Fsp3) is 0.714. The van der Waals surface area contributed by atoms with E-state index in [0.29, 0.717) is 23.8 Å². The number of hydrogen-bond donors (Lipinski definition) is 1. The van der Waals surface area contributed by atoms with E-state index in [9.17, 15) is 13.2 Å². The van der Waals surface area contributed by atoms with E-state index in [-0.39, 0.29) is 23.6 Å². The minimum absolute atomic E-state index is 0.0349. The van der Waals surface area contributed by atoms with E-state index in [2.05, 4.69) is 10.3 Å². The summed E-state index contributed by atoms with van der Waals surface area (Å²) in [7, 11) is -0.319. The molecule has 2 atom stereocenters. The van der Waals surface area contributed by atoms with Gasteiger partial charge in [-0.25, -0.2) is 17.7 Å². The van der Waals surface area contributed by atoms with Crippen molar-refractivity contribution in [3.05, 3.63) is 15.6 Å². The first-order valence-corrected chi connectivity index (χ1v) is 9.92. The Bertz CT molecular complexity index is 670. The monoisotopic (exact) mass is 361 g/mol. The predicted molar refractivity (Wildman–Crippen MR) is 89.3 cm³/mol. The molecular formula is C14H23N3O4S2. The molecule has 23 heavy (non-hydrogen) atoms. The SMILES string of the molecule is CCc1nc(C)c(C(=O)NC2COCC2CS(=O)(=O)N(C)C)s1. The molecule has 0 spiro atoms. The Balaban J connectivity index is 2.06. The molecule has 1 amide bonds. The molecule has 1 N–H and O–H groups in total. The van der Waals surface area contributed by atoms with E-state index in [1.54, 1.807) is 0 Å². The molecular weight excluding hydrogens is 338 g/mol. The first-order valence-electron chi connectivity index (χ1n) is 7.49. The summed E-state index contributed by atoms with van der Waals surface area (Å²) >= 11 is 1.38. The number of nitrogens with one attached hydrogen (secondary N) is 1. The van der Waals surface area contributed by atoms with Gasteiger partial charge in [0.05, 0.1) is 35.7 Å². The number of hydrogen-bond acceptors (Lipinski definition) is 6. The molecule has 1 saturated heterocycles. The fourth-order valence-corrected chi connectivity index (χ4v) is 4.47. The van der Waals surface area contributed by atoms with E-state index >= 15 is 0 Å². The van der Waals surface area contributed by atoms with Crippen LogP contribution in [0.1, 0.15) is 27.3 Å². The highest BCUT2D eigenvalue weighted by atomic mass is 32.2. The second-order valence-electron chi connectivity index (χ2n) is 5.81. The molecule has 2 heterocycles. The van der Waals surface area contributed by atoms with Gasteiger partial charge in [0, 0.05) is 20.0 Å². The van der Waals surface area contributed by atoms with Crippen molar-refractivity contribution in [1.29, 1.82) is 0 Å². The first kappa shape index (κ1) is 18.3. The Hall–Kier alpha value is -1.03. The molecule has 1 aromatic heterocycles. The lowest BCUT2D eigenvalue weighted by atomic mass is 10.1. The van der Waals surface area contributed by atoms with Crippen molar-refractivity contribution in [1.82, 2.24) is 14.6 Å². The van der Waals surface area contributed by atoms with E-state index < -0.39 is 10.0 Å². The highest BCUT2D eigenvalue weighted by Gasteiger charge is 2.34. The van der Waals surface area contributed by atoms with Gasteiger partial charge in [-0.05, 0) is 13.3 Å². The number of ether oxygens (including phenoxy) is 1. The Morgan fingerprint density at radius 3 is 2.70 bits per heavy atom. The van der Waals surface area contributed by atoms with Gasteiger partial charge >= 0.3 is 0 Å². The van der Waals surface area contributed by atoms with Crippen molar-refractivity contribution in [2.24, 2.45) is 5.92 Å². The smallest absolute Gasteiger partial charge is 0.263 e. The van der Waals surface area contributed by atoms with E-state index in [1.165, 1.54) is 29.7 Å². The topological polar surface area (TPSA) is 88.6 Å². The number of aryl methyl sites for hydroxylation is 2. The van der Waals surface area contributed by atoms with Crippen molar-refractivity contribution >= 4 is 27.3 Å². The summed E-state index contributed by atoms with van der Waals surface area (Å²) in [6, 6.07) is -0.302. The Morgan fingerprint density at radius 2 is 2.13 bits per heavy atom. The van der Waals surface area contributed by atoms with Crippen LogP contribution in [0.3, 0.4) is 0 Å². The van der Waals surface area contributed by atoms with Gasteiger partial charge in [0.1, 0.15) is 4.88 Å². The van der Waals surface area contributed by atoms with Crippen LogP contribution in [0.15, 0.2) is 0 Å². The number of thiazole rings is 1. The number of rotatable bonds is 6. The largest absolute Gasteiger partial charge is 0.379 e. The molecule has 1 aliphatic heterocycles. The Morgan fingerprint density at radius 1 is 1.43 bits per heavy atom. The molecule has 9 heteroatoms. The molecule has 0 radical (unpaired) electrons. The molecule has 0 saturated carbocycles. The Labute approximate surface area is 141 Å². The molecule has 1 fully saturated rings. The fourth-order valence-electron chi connectivity index (χ4n) is 2.39. The summed E-state index contributed by atoms with van der Waals surface area (Å²) < 4.78 is 30.6. The molecule has 0 aromatic carbocycles. The molecule has 1 aliphatic rings. The quantitative estimate of drug-likeness (QED) is 0.804. The van der Waals surface area contributed by atoms with Gasteiger partial charge in [-0.1, -0.05) is 6.92 Å². The van der Waals surface area contributed by atoms with Gasteiger partial charge in [0.15, 0.2) is 0 Å². The number of aromatic nitrogens is 1. The van der Waals surface area contributed by atoms with Gasteiger partial charge in [-0.3, -0.25) is 4.79 Å². The van der Waals surface area contributed by atoms with Gasteiger partial charge in [-0.15, -0.1) is 11.3 Å². The second-order valence-corrected chi connectivity index (χ2v) is 9.13. The third kappa shape index (κ3) is 4.28. The highest BCUT2D eigenvalue weighted by Crippen LogP contribution is 2.21. The average Bonchev–Trinajstić information content (AvgIpc) is 3.05. The minimum atomic E-state index is -3.33. The molecule has 2 unspecified atom stereocenters. The summed E-state index contributed by atoms with van der Waals surface area (Å²) in [5.41, 5.74) is 0.709. The first-order chi connectivity index (χ1) is 10.7. The van der Waals surface area contributed by atoms with Crippen molar-refractivity contribution in [3.63, 3.8) is 0 Å². The van der Waals surface area contributed by atoms with Gasteiger partial charge in [0.25, 0.3) is 5.91 Å². The average molecular weight is 361 g/mol. The zero-order valence-electron chi connectivity index (χ0n) is 13.8. The van der Waals surface area contributed by atoms with Crippen LogP contribution in [0.2, 0.25) is 0 Å². The number of carbonyl (C=O) groups is 1. The molecule has 7 nitrogen and oxygen atoms in total. The molecule has 1 aromatic rings. The molecule has 0 aliphatic carbocycles. The number of amides is 1. The summed E-state index contributed by atoms with van der Waals surface area (Å²) in [4.78, 5) is 17.4. The normalized spacial score (nSPS) is 21.8. The third-order valence-electron chi connectivity index (χ3n) is 3.85. The molecule has 0 bridgehead atoms. The third-order valence-corrected chi connectivity index (χ3v) is 7.11. The minimum Gasteiger partial charge on any atom is -0.379 e. The van der Waals surface area contributed by atoms with Crippen LogP contribution < -0.4 is 5.32 Å². The van der Waals surface area contributed by atoms with Crippen LogP contribution in [-0.2, 0) is 21.2 Å². The summed E-state index contributed by atoms with van der Waals surface area (Å²) in [6.45, 7) is 4.47. The maximum absolute atomic E-state index is 12.4. The zero-order valence-corrected chi connectivity index (χ0v) is 15.5. The maximum Gasteiger partial charge on any atom is 0.263 e. The van der Waals surface area contributed by atoms with E-state index in [4.69, 9.17) is 4.74 Å². The van der Waals surface area contributed by atoms with E-state index in [0.717, 1.165) is 11.4 Å². The van der Waals surface area contributed by atoms with Crippen LogP contribution in [-0.4, -0.2) is 62.7 Å². The lowest BCUT2D eigenvalue weighted by molar-refractivity contribution is 0.0929. The zero-order chi connectivity index (χ0) is 17.2. The summed E-state index contributed by atoms with van der Waals surface area (Å²) in [5, 5.41) is 3.83. The van der Waals surface area contributed by atoms with Crippen molar-refractivity contribution in [3.8, 4) is 0 Å². The van der Waals surface area contributed by atoms with Crippen molar-refractivity contribution < 1.29 is 17.9 Å². The maximum atomic E-state index is 12.4. The van der Waals surface area contributed by atoms with Crippen LogP contribution >= 0.6 is 11.3 Å². The van der Waals surface area contributed by atoms with E-state index in [1.807, 2.05) is 13.8 Å². The van der Waals surface area contributed by atoms with Gasteiger partial charge < -0.3 is 10.1 Å². The molecule has 2 rings (SSSR count). The number of nitrogens with zero attached hydrogens (tertiary/aromatic N) is 2. The highest BCUT2D eigenvalue weighted by molar-refractivity contribution is 7.89. The number of sulfonamides is 1. The lowest BCUT2D eigenvalue weighted by Gasteiger charge is -2.20. The summed E-state index contributed by atoms with van der Waals surface area (Å²) in [6.07, 6.45) is 0.787. The predicted octanol–water partition coefficient (Wildman–Crippen LogP) is 0.650.